The quantitative estimate of drug-likeness (QED) is 0.591. The Morgan fingerprint density at radius 3 is 2.59 bits per heavy atom. The first-order chi connectivity index (χ1) is 16.6. The average Bonchev–Trinajstić information content (AvgIpc) is 3.34. The minimum atomic E-state index is -0.328. The summed E-state index contributed by atoms with van der Waals surface area (Å²) in [5.74, 6) is 0.573. The van der Waals surface area contributed by atoms with Gasteiger partial charge in [-0.3, -0.25) is 9.69 Å². The second-order valence-corrected chi connectivity index (χ2v) is 9.36. The van der Waals surface area contributed by atoms with Gasteiger partial charge < -0.3 is 20.1 Å². The highest BCUT2D eigenvalue weighted by Gasteiger charge is 2.26. The first kappa shape index (κ1) is 24.6. The number of amides is 1. The molecule has 2 aromatic carbocycles. The Labute approximate surface area is 201 Å². The van der Waals surface area contributed by atoms with Crippen molar-refractivity contribution in [3.63, 3.8) is 0 Å². The molecule has 2 aromatic rings. The first-order valence-corrected chi connectivity index (χ1v) is 12.4. The Hall–Kier alpha value is -2.48. The van der Waals surface area contributed by atoms with Crippen LogP contribution in [0, 0.1) is 5.82 Å². The lowest BCUT2D eigenvalue weighted by molar-refractivity contribution is 0.0615. The number of β-amino-alcohol motifs (C(OH)–C–C–N with tert-alkyl or cyclic N) is 1. The van der Waals surface area contributed by atoms with Gasteiger partial charge in [0.25, 0.3) is 5.91 Å². The second-order valence-electron chi connectivity index (χ2n) is 9.36. The Kier molecular flexibility index (Phi) is 8.53. The van der Waals surface area contributed by atoms with Crippen LogP contribution in [0.15, 0.2) is 42.5 Å². The molecule has 6 nitrogen and oxygen atoms in total. The van der Waals surface area contributed by atoms with Crippen molar-refractivity contribution in [3.8, 4) is 5.75 Å². The maximum atomic E-state index is 13.6. The van der Waals surface area contributed by atoms with E-state index >= 15 is 0 Å². The van der Waals surface area contributed by atoms with E-state index in [2.05, 4.69) is 22.3 Å². The van der Waals surface area contributed by atoms with E-state index in [4.69, 9.17) is 9.84 Å². The number of nitrogens with one attached hydrogen (secondary N) is 1. The molecule has 1 heterocycles. The van der Waals surface area contributed by atoms with Gasteiger partial charge >= 0.3 is 0 Å². The fraction of sp³-hybridized carbons (Fsp3) is 0.519. The summed E-state index contributed by atoms with van der Waals surface area (Å²) in [6.07, 6.45) is 4.20. The van der Waals surface area contributed by atoms with Crippen molar-refractivity contribution >= 4 is 5.91 Å². The molecule has 184 valence electrons. The molecule has 2 aliphatic rings. The van der Waals surface area contributed by atoms with E-state index in [1.54, 1.807) is 6.07 Å². The zero-order valence-electron chi connectivity index (χ0n) is 20.0. The number of benzene rings is 2. The standard InChI is InChI=1S/C27H36FN3O3/c1-34-26-18-20(2-9-25(26)28)10-11-29-24-8-7-23(19-24)21-3-5-22(6-4-21)27(33)31-14-12-30(13-15-31)16-17-32/h2-6,9,18,23-24,29,32H,7-8,10-17,19H2,1H3/t23-,24+/m1/s1. The topological polar surface area (TPSA) is 65.0 Å². The minimum Gasteiger partial charge on any atom is -0.494 e. The van der Waals surface area contributed by atoms with E-state index < -0.39 is 0 Å². The van der Waals surface area contributed by atoms with Crippen LogP contribution in [0.25, 0.3) is 0 Å². The van der Waals surface area contributed by atoms with Crippen LogP contribution in [-0.2, 0) is 6.42 Å². The lowest BCUT2D eigenvalue weighted by atomic mass is 9.96. The molecule has 1 aliphatic heterocycles. The van der Waals surface area contributed by atoms with Crippen molar-refractivity contribution in [1.82, 2.24) is 15.1 Å². The van der Waals surface area contributed by atoms with E-state index in [-0.39, 0.29) is 18.3 Å². The van der Waals surface area contributed by atoms with E-state index in [9.17, 15) is 9.18 Å². The third-order valence-corrected chi connectivity index (χ3v) is 7.20. The molecule has 2 atom stereocenters. The van der Waals surface area contributed by atoms with Gasteiger partial charge in [0.15, 0.2) is 11.6 Å². The minimum absolute atomic E-state index is 0.0959. The number of hydrogen-bond donors (Lipinski definition) is 2. The molecular formula is C27H36FN3O3. The van der Waals surface area contributed by atoms with Crippen molar-refractivity contribution in [2.45, 2.75) is 37.6 Å². The third-order valence-electron chi connectivity index (χ3n) is 7.20. The van der Waals surface area contributed by atoms with Crippen LogP contribution in [0.4, 0.5) is 4.39 Å². The van der Waals surface area contributed by atoms with E-state index in [0.29, 0.717) is 37.3 Å². The van der Waals surface area contributed by atoms with Gasteiger partial charge in [-0.15, -0.1) is 0 Å². The predicted octanol–water partition coefficient (Wildman–Crippen LogP) is 3.05. The first-order valence-electron chi connectivity index (χ1n) is 12.4. The Bertz CT molecular complexity index is 945. The fourth-order valence-corrected chi connectivity index (χ4v) is 5.15. The Morgan fingerprint density at radius 1 is 1.12 bits per heavy atom. The van der Waals surface area contributed by atoms with Gasteiger partial charge in [-0.25, -0.2) is 4.39 Å². The van der Waals surface area contributed by atoms with Gasteiger partial charge in [0.1, 0.15) is 0 Å². The molecule has 2 N–H and O–H groups in total. The predicted molar refractivity (Wildman–Crippen MR) is 131 cm³/mol. The van der Waals surface area contributed by atoms with Crippen molar-refractivity contribution in [3.05, 3.63) is 65.0 Å². The SMILES string of the molecule is COc1cc(CCN[C@H]2CC[C@@H](c3ccc(C(=O)N4CCN(CCO)CC4)cc3)C2)ccc1F. The summed E-state index contributed by atoms with van der Waals surface area (Å²) in [5.41, 5.74) is 3.12. The zero-order chi connectivity index (χ0) is 23.9. The number of nitrogens with zero attached hydrogens (tertiary/aromatic N) is 2. The van der Waals surface area contributed by atoms with Crippen molar-refractivity contribution < 1.29 is 19.0 Å². The summed E-state index contributed by atoms with van der Waals surface area (Å²) in [6.45, 7) is 4.74. The molecule has 0 bridgehead atoms. The fourth-order valence-electron chi connectivity index (χ4n) is 5.15. The summed E-state index contributed by atoms with van der Waals surface area (Å²) in [7, 11) is 1.49. The summed E-state index contributed by atoms with van der Waals surface area (Å²) < 4.78 is 18.6. The maximum absolute atomic E-state index is 13.6. The van der Waals surface area contributed by atoms with Crippen LogP contribution in [0.3, 0.4) is 0 Å². The maximum Gasteiger partial charge on any atom is 0.253 e. The number of piperazine rings is 1. The molecule has 0 unspecified atom stereocenters. The highest BCUT2D eigenvalue weighted by Crippen LogP contribution is 2.34. The number of aliphatic hydroxyl groups is 1. The van der Waals surface area contributed by atoms with Crippen LogP contribution in [0.1, 0.15) is 46.7 Å². The lowest BCUT2D eigenvalue weighted by Gasteiger charge is -2.34. The number of hydrogen-bond acceptors (Lipinski definition) is 5. The molecule has 2 fully saturated rings. The number of carbonyl (C=O) groups is 1. The second kappa shape index (κ2) is 11.8. The summed E-state index contributed by atoms with van der Waals surface area (Å²) >= 11 is 0. The van der Waals surface area contributed by atoms with Crippen molar-refractivity contribution in [2.75, 3.05) is 53.0 Å². The van der Waals surface area contributed by atoms with Crippen LogP contribution in [0.2, 0.25) is 0 Å². The highest BCUT2D eigenvalue weighted by atomic mass is 19.1. The van der Waals surface area contributed by atoms with Gasteiger partial charge in [-0.2, -0.15) is 0 Å². The molecule has 1 aliphatic carbocycles. The molecule has 0 spiro atoms. The van der Waals surface area contributed by atoms with E-state index in [0.717, 1.165) is 56.4 Å². The third kappa shape index (κ3) is 6.14. The van der Waals surface area contributed by atoms with Crippen LogP contribution in [-0.4, -0.2) is 79.8 Å². The number of methoxy groups -OCH3 is 1. The van der Waals surface area contributed by atoms with Crippen LogP contribution in [0.5, 0.6) is 5.75 Å². The summed E-state index contributed by atoms with van der Waals surface area (Å²) in [4.78, 5) is 17.0. The largest absolute Gasteiger partial charge is 0.494 e. The van der Waals surface area contributed by atoms with Gasteiger partial charge in [0.2, 0.25) is 0 Å². The monoisotopic (exact) mass is 469 g/mol. The Morgan fingerprint density at radius 2 is 1.88 bits per heavy atom. The van der Waals surface area contributed by atoms with E-state index in [1.165, 1.54) is 18.7 Å². The van der Waals surface area contributed by atoms with Crippen molar-refractivity contribution in [2.24, 2.45) is 0 Å². The van der Waals surface area contributed by atoms with Crippen LogP contribution >= 0.6 is 0 Å². The molecule has 1 saturated heterocycles. The molecule has 4 rings (SSSR count). The van der Waals surface area contributed by atoms with Gasteiger partial charge in [0.05, 0.1) is 13.7 Å². The number of rotatable bonds is 9. The Balaban J connectivity index is 1.23. The van der Waals surface area contributed by atoms with Crippen LogP contribution < -0.4 is 10.1 Å². The number of ether oxygens (including phenoxy) is 1. The van der Waals surface area contributed by atoms with Crippen molar-refractivity contribution in [1.29, 1.82) is 0 Å². The number of aliphatic hydroxyl groups excluding tert-OH is 1. The molecule has 0 radical (unpaired) electrons. The molecule has 7 heteroatoms. The smallest absolute Gasteiger partial charge is 0.253 e. The molecule has 34 heavy (non-hydrogen) atoms. The number of carbonyl (C=O) groups excluding carboxylic acids is 1. The molecule has 0 aromatic heterocycles. The molecule has 1 saturated carbocycles. The summed E-state index contributed by atoms with van der Waals surface area (Å²) in [6, 6.07) is 13.7. The number of halogens is 1. The van der Waals surface area contributed by atoms with Gasteiger partial charge in [-0.1, -0.05) is 18.2 Å². The molecular weight excluding hydrogens is 433 g/mol. The average molecular weight is 470 g/mol. The molecule has 1 amide bonds. The zero-order valence-corrected chi connectivity index (χ0v) is 20.0. The summed E-state index contributed by atoms with van der Waals surface area (Å²) in [5, 5.41) is 12.7. The van der Waals surface area contributed by atoms with E-state index in [1.807, 2.05) is 23.1 Å². The normalized spacial score (nSPS) is 21.1. The lowest BCUT2D eigenvalue weighted by Crippen LogP contribution is -2.49. The highest BCUT2D eigenvalue weighted by molar-refractivity contribution is 5.94. The van der Waals surface area contributed by atoms with Gasteiger partial charge in [0, 0.05) is 44.3 Å². The van der Waals surface area contributed by atoms with Gasteiger partial charge in [-0.05, 0) is 73.5 Å².